The van der Waals surface area contributed by atoms with Crippen molar-refractivity contribution in [2.75, 3.05) is 0 Å². The molecule has 1 aromatic carbocycles. The predicted octanol–water partition coefficient (Wildman–Crippen LogP) is 3.00. The molecule has 0 bridgehead atoms. The van der Waals surface area contributed by atoms with Crippen LogP contribution in [0.15, 0.2) is 36.4 Å². The minimum Gasteiger partial charge on any atom is -0.394 e. The fraction of sp³-hybridized carbons (Fsp3) is 0.0833. The second-order valence-corrected chi connectivity index (χ2v) is 3.17. The smallest absolute Gasteiger partial charge is 0.372 e. The molecule has 0 atom stereocenters. The van der Waals surface area contributed by atoms with Crippen LogP contribution in [-0.2, 0) is 0 Å². The van der Waals surface area contributed by atoms with E-state index in [0.29, 0.717) is 0 Å². The SMILES string of the molecule is [C-]#[N+]c1nc(C)cc(-c2ccccc2)n1. The molecule has 0 unspecified atom stereocenters. The first-order valence-corrected chi connectivity index (χ1v) is 4.58. The molecule has 1 aromatic heterocycles. The monoisotopic (exact) mass is 195 g/mol. The van der Waals surface area contributed by atoms with Crippen LogP contribution in [0, 0.1) is 13.5 Å². The van der Waals surface area contributed by atoms with Gasteiger partial charge in [-0.2, -0.15) is 4.98 Å². The van der Waals surface area contributed by atoms with E-state index in [4.69, 9.17) is 6.57 Å². The van der Waals surface area contributed by atoms with E-state index in [2.05, 4.69) is 14.8 Å². The molecule has 0 N–H and O–H groups in total. The van der Waals surface area contributed by atoms with Gasteiger partial charge in [-0.05, 0) is 6.92 Å². The number of nitrogens with zero attached hydrogens (tertiary/aromatic N) is 3. The molecule has 0 radical (unpaired) electrons. The van der Waals surface area contributed by atoms with Gasteiger partial charge < -0.3 is 4.85 Å². The third kappa shape index (κ3) is 2.00. The van der Waals surface area contributed by atoms with Crippen LogP contribution in [0.5, 0.6) is 0 Å². The molecule has 0 aliphatic heterocycles. The maximum Gasteiger partial charge on any atom is 0.372 e. The molecule has 0 saturated carbocycles. The zero-order chi connectivity index (χ0) is 10.7. The highest BCUT2D eigenvalue weighted by atomic mass is 15.0. The van der Waals surface area contributed by atoms with Gasteiger partial charge in [0.2, 0.25) is 0 Å². The molecule has 72 valence electrons. The van der Waals surface area contributed by atoms with Crippen molar-refractivity contribution in [1.29, 1.82) is 0 Å². The maximum absolute atomic E-state index is 6.90. The van der Waals surface area contributed by atoms with Gasteiger partial charge in [-0.15, -0.1) is 11.6 Å². The topological polar surface area (TPSA) is 30.1 Å². The van der Waals surface area contributed by atoms with Gasteiger partial charge in [0.1, 0.15) is 5.69 Å². The summed E-state index contributed by atoms with van der Waals surface area (Å²) in [6.07, 6.45) is 0. The van der Waals surface area contributed by atoms with Gasteiger partial charge in [-0.25, -0.2) is 0 Å². The Labute approximate surface area is 88.3 Å². The molecular formula is C12H9N3. The molecule has 0 saturated heterocycles. The summed E-state index contributed by atoms with van der Waals surface area (Å²) >= 11 is 0. The lowest BCUT2D eigenvalue weighted by atomic mass is 10.1. The largest absolute Gasteiger partial charge is 0.394 e. The summed E-state index contributed by atoms with van der Waals surface area (Å²) in [4.78, 5) is 11.4. The first-order chi connectivity index (χ1) is 7.29. The quantitative estimate of drug-likeness (QED) is 0.655. The Morgan fingerprint density at radius 1 is 1.13 bits per heavy atom. The highest BCUT2D eigenvalue weighted by molar-refractivity contribution is 5.60. The van der Waals surface area contributed by atoms with E-state index in [9.17, 15) is 0 Å². The van der Waals surface area contributed by atoms with Crippen LogP contribution in [0.25, 0.3) is 16.1 Å². The summed E-state index contributed by atoms with van der Waals surface area (Å²) in [6.45, 7) is 8.76. The number of benzene rings is 1. The summed E-state index contributed by atoms with van der Waals surface area (Å²) in [5.74, 6) is 0.203. The van der Waals surface area contributed by atoms with Crippen molar-refractivity contribution in [3.8, 4) is 11.3 Å². The zero-order valence-corrected chi connectivity index (χ0v) is 8.31. The van der Waals surface area contributed by atoms with E-state index in [1.54, 1.807) is 0 Å². The van der Waals surface area contributed by atoms with Crippen LogP contribution in [0.1, 0.15) is 5.69 Å². The molecule has 0 aliphatic carbocycles. The van der Waals surface area contributed by atoms with Gasteiger partial charge in [0.05, 0.1) is 5.69 Å². The van der Waals surface area contributed by atoms with Crippen LogP contribution < -0.4 is 0 Å². The lowest BCUT2D eigenvalue weighted by molar-refractivity contribution is 1.13. The van der Waals surface area contributed by atoms with Crippen molar-refractivity contribution in [2.45, 2.75) is 6.92 Å². The molecule has 2 rings (SSSR count). The summed E-state index contributed by atoms with van der Waals surface area (Å²) in [6, 6.07) is 11.7. The van der Waals surface area contributed by atoms with Gasteiger partial charge in [0.25, 0.3) is 0 Å². The Bertz CT molecular complexity index is 512. The second-order valence-electron chi connectivity index (χ2n) is 3.17. The highest BCUT2D eigenvalue weighted by Gasteiger charge is 2.06. The molecule has 0 aliphatic rings. The molecule has 0 fully saturated rings. The Kier molecular flexibility index (Phi) is 2.42. The van der Waals surface area contributed by atoms with Gasteiger partial charge in [-0.1, -0.05) is 30.3 Å². The van der Waals surface area contributed by atoms with Crippen molar-refractivity contribution in [3.63, 3.8) is 0 Å². The summed E-state index contributed by atoms with van der Waals surface area (Å²) in [5, 5.41) is 0. The van der Waals surface area contributed by atoms with Gasteiger partial charge in [-0.3, -0.25) is 0 Å². The third-order valence-electron chi connectivity index (χ3n) is 2.01. The first kappa shape index (κ1) is 9.35. The number of hydrogen-bond donors (Lipinski definition) is 0. The standard InChI is InChI=1S/C12H9N3/c1-9-8-11(15-12(13-2)14-9)10-6-4-3-5-7-10/h3-8H,1H3. The number of aromatic nitrogens is 2. The minimum atomic E-state index is 0.203. The Balaban J connectivity index is 2.55. The first-order valence-electron chi connectivity index (χ1n) is 4.58. The van der Waals surface area contributed by atoms with Crippen molar-refractivity contribution >= 4 is 5.95 Å². The zero-order valence-electron chi connectivity index (χ0n) is 8.31. The Hall–Kier alpha value is -2.21. The number of hydrogen-bond acceptors (Lipinski definition) is 2. The van der Waals surface area contributed by atoms with Crippen LogP contribution >= 0.6 is 0 Å². The lowest BCUT2D eigenvalue weighted by Gasteiger charge is -1.98. The van der Waals surface area contributed by atoms with E-state index < -0.39 is 0 Å². The van der Waals surface area contributed by atoms with Crippen LogP contribution in [0.4, 0.5) is 5.95 Å². The molecule has 0 spiro atoms. The molecule has 1 heterocycles. The van der Waals surface area contributed by atoms with Crippen LogP contribution in [0.3, 0.4) is 0 Å². The summed E-state index contributed by atoms with van der Waals surface area (Å²) < 4.78 is 0. The fourth-order valence-electron chi connectivity index (χ4n) is 1.36. The van der Waals surface area contributed by atoms with Gasteiger partial charge in [0, 0.05) is 11.6 Å². The average Bonchev–Trinajstić information content (AvgIpc) is 2.29. The minimum absolute atomic E-state index is 0.203. The number of aryl methyl sites for hydroxylation is 1. The highest BCUT2D eigenvalue weighted by Crippen LogP contribution is 2.19. The second kappa shape index (κ2) is 3.89. The maximum atomic E-state index is 6.90. The predicted molar refractivity (Wildman–Crippen MR) is 58.5 cm³/mol. The van der Waals surface area contributed by atoms with Crippen LogP contribution in [0.2, 0.25) is 0 Å². The van der Waals surface area contributed by atoms with E-state index in [0.717, 1.165) is 17.0 Å². The normalized spacial score (nSPS) is 9.60. The third-order valence-corrected chi connectivity index (χ3v) is 2.01. The molecular weight excluding hydrogens is 186 g/mol. The van der Waals surface area contributed by atoms with Crippen molar-refractivity contribution in [1.82, 2.24) is 9.97 Å². The Morgan fingerprint density at radius 2 is 1.87 bits per heavy atom. The van der Waals surface area contributed by atoms with E-state index in [1.165, 1.54) is 0 Å². The van der Waals surface area contributed by atoms with Crippen molar-refractivity contribution < 1.29 is 0 Å². The van der Waals surface area contributed by atoms with Crippen LogP contribution in [-0.4, -0.2) is 9.97 Å². The van der Waals surface area contributed by atoms with Gasteiger partial charge in [0.15, 0.2) is 0 Å². The molecule has 3 nitrogen and oxygen atoms in total. The average molecular weight is 195 g/mol. The molecule has 3 heteroatoms. The fourth-order valence-corrected chi connectivity index (χ4v) is 1.36. The van der Waals surface area contributed by atoms with Gasteiger partial charge >= 0.3 is 5.95 Å². The summed E-state index contributed by atoms with van der Waals surface area (Å²) in [5.41, 5.74) is 2.62. The lowest BCUT2D eigenvalue weighted by Crippen LogP contribution is -1.88. The van der Waals surface area contributed by atoms with E-state index in [1.807, 2.05) is 43.3 Å². The van der Waals surface area contributed by atoms with Crippen molar-refractivity contribution in [2.24, 2.45) is 0 Å². The number of rotatable bonds is 1. The Morgan fingerprint density at radius 3 is 2.53 bits per heavy atom. The molecule has 2 aromatic rings. The summed E-state index contributed by atoms with van der Waals surface area (Å²) in [7, 11) is 0. The van der Waals surface area contributed by atoms with E-state index in [-0.39, 0.29) is 5.95 Å². The molecule has 0 amide bonds. The van der Waals surface area contributed by atoms with E-state index >= 15 is 0 Å². The van der Waals surface area contributed by atoms with Crippen molar-refractivity contribution in [3.05, 3.63) is 53.5 Å². The molecule has 15 heavy (non-hydrogen) atoms.